The van der Waals surface area contributed by atoms with Crippen LogP contribution in [0.15, 0.2) is 18.3 Å². The van der Waals surface area contributed by atoms with E-state index in [1.807, 2.05) is 12.1 Å². The minimum absolute atomic E-state index is 0.548. The number of halogens is 1. The zero-order valence-electron chi connectivity index (χ0n) is 9.46. The van der Waals surface area contributed by atoms with Crippen molar-refractivity contribution in [2.24, 2.45) is 0 Å². The Balaban J connectivity index is 2.56. The highest BCUT2D eigenvalue weighted by molar-refractivity contribution is 6.29. The standard InChI is InChI=1S/C12H19ClN2/c1-3-5-10(6-4-2)15-11-7-8-14-12(13)9-11/h7-10H,3-6H2,1-2H3,(H,14,15). The van der Waals surface area contributed by atoms with Crippen LogP contribution in [0.5, 0.6) is 0 Å². The van der Waals surface area contributed by atoms with E-state index in [2.05, 4.69) is 24.1 Å². The lowest BCUT2D eigenvalue weighted by Gasteiger charge is -2.18. The number of pyridine rings is 1. The van der Waals surface area contributed by atoms with Crippen molar-refractivity contribution in [2.75, 3.05) is 5.32 Å². The lowest BCUT2D eigenvalue weighted by Crippen LogP contribution is -2.18. The number of hydrogen-bond donors (Lipinski definition) is 1. The summed E-state index contributed by atoms with van der Waals surface area (Å²) < 4.78 is 0. The third kappa shape index (κ3) is 4.52. The lowest BCUT2D eigenvalue weighted by molar-refractivity contribution is 0.586. The molecule has 1 aromatic rings. The van der Waals surface area contributed by atoms with Crippen LogP contribution in [0, 0.1) is 0 Å². The molecule has 0 amide bonds. The molecule has 1 heterocycles. The van der Waals surface area contributed by atoms with Crippen LogP contribution in [0.2, 0.25) is 5.15 Å². The highest BCUT2D eigenvalue weighted by Gasteiger charge is 2.06. The van der Waals surface area contributed by atoms with E-state index in [4.69, 9.17) is 11.6 Å². The minimum Gasteiger partial charge on any atom is -0.382 e. The number of nitrogens with one attached hydrogen (secondary N) is 1. The molecule has 0 aromatic carbocycles. The molecule has 0 fully saturated rings. The number of hydrogen-bond acceptors (Lipinski definition) is 2. The van der Waals surface area contributed by atoms with E-state index in [0.29, 0.717) is 11.2 Å². The van der Waals surface area contributed by atoms with Crippen molar-refractivity contribution in [3.8, 4) is 0 Å². The fourth-order valence-corrected chi connectivity index (χ4v) is 1.89. The summed E-state index contributed by atoms with van der Waals surface area (Å²) in [6, 6.07) is 4.39. The average molecular weight is 227 g/mol. The molecule has 0 saturated heterocycles. The van der Waals surface area contributed by atoms with Crippen molar-refractivity contribution >= 4 is 17.3 Å². The van der Waals surface area contributed by atoms with Gasteiger partial charge in [-0.3, -0.25) is 0 Å². The molecule has 1 aromatic heterocycles. The van der Waals surface area contributed by atoms with E-state index in [9.17, 15) is 0 Å². The van der Waals surface area contributed by atoms with Gasteiger partial charge in [-0.15, -0.1) is 0 Å². The Hall–Kier alpha value is -0.760. The first-order chi connectivity index (χ1) is 7.26. The molecule has 0 aliphatic rings. The summed E-state index contributed by atoms with van der Waals surface area (Å²) in [6.07, 6.45) is 6.55. The van der Waals surface area contributed by atoms with Crippen LogP contribution in [0.25, 0.3) is 0 Å². The maximum atomic E-state index is 5.83. The van der Waals surface area contributed by atoms with E-state index in [0.717, 1.165) is 5.69 Å². The Labute approximate surface area is 97.1 Å². The van der Waals surface area contributed by atoms with Crippen molar-refractivity contribution in [3.05, 3.63) is 23.5 Å². The quantitative estimate of drug-likeness (QED) is 0.739. The number of nitrogens with zero attached hydrogens (tertiary/aromatic N) is 1. The van der Waals surface area contributed by atoms with E-state index < -0.39 is 0 Å². The molecule has 0 unspecified atom stereocenters. The van der Waals surface area contributed by atoms with Gasteiger partial charge in [0.2, 0.25) is 0 Å². The van der Waals surface area contributed by atoms with Gasteiger partial charge in [-0.05, 0) is 25.0 Å². The Bertz CT molecular complexity index is 283. The van der Waals surface area contributed by atoms with Crippen LogP contribution in [0.4, 0.5) is 5.69 Å². The van der Waals surface area contributed by atoms with Crippen LogP contribution in [-0.4, -0.2) is 11.0 Å². The van der Waals surface area contributed by atoms with Crippen molar-refractivity contribution in [1.82, 2.24) is 4.98 Å². The lowest BCUT2D eigenvalue weighted by atomic mass is 10.1. The number of aromatic nitrogens is 1. The molecule has 0 saturated carbocycles. The summed E-state index contributed by atoms with van der Waals surface area (Å²) in [5.41, 5.74) is 1.07. The first-order valence-corrected chi connectivity index (χ1v) is 6.02. The van der Waals surface area contributed by atoms with Gasteiger partial charge < -0.3 is 5.32 Å². The van der Waals surface area contributed by atoms with E-state index in [1.54, 1.807) is 6.20 Å². The monoisotopic (exact) mass is 226 g/mol. The van der Waals surface area contributed by atoms with Gasteiger partial charge in [0.15, 0.2) is 0 Å². The van der Waals surface area contributed by atoms with Gasteiger partial charge in [0.1, 0.15) is 5.15 Å². The van der Waals surface area contributed by atoms with Gasteiger partial charge in [0, 0.05) is 17.9 Å². The third-order valence-corrected chi connectivity index (χ3v) is 2.58. The smallest absolute Gasteiger partial charge is 0.131 e. The second-order valence-corrected chi connectivity index (χ2v) is 4.17. The molecule has 3 heteroatoms. The Kier molecular flexibility index (Phi) is 5.48. The predicted octanol–water partition coefficient (Wildman–Crippen LogP) is 4.12. The van der Waals surface area contributed by atoms with Gasteiger partial charge in [-0.2, -0.15) is 0 Å². The second-order valence-electron chi connectivity index (χ2n) is 3.79. The highest BCUT2D eigenvalue weighted by Crippen LogP contribution is 2.16. The predicted molar refractivity (Wildman–Crippen MR) is 66.5 cm³/mol. The van der Waals surface area contributed by atoms with Crippen LogP contribution in [0.1, 0.15) is 39.5 Å². The van der Waals surface area contributed by atoms with E-state index in [-0.39, 0.29) is 0 Å². The molecule has 1 N–H and O–H groups in total. The van der Waals surface area contributed by atoms with Gasteiger partial charge >= 0.3 is 0 Å². The molecular weight excluding hydrogens is 208 g/mol. The molecule has 1 rings (SSSR count). The normalized spacial score (nSPS) is 10.7. The van der Waals surface area contributed by atoms with Crippen molar-refractivity contribution in [1.29, 1.82) is 0 Å². The molecule has 0 atom stereocenters. The average Bonchev–Trinajstić information content (AvgIpc) is 2.18. The summed E-state index contributed by atoms with van der Waals surface area (Å²) in [5, 5.41) is 4.05. The van der Waals surface area contributed by atoms with Crippen molar-refractivity contribution in [2.45, 2.75) is 45.6 Å². The maximum Gasteiger partial charge on any atom is 0.131 e. The Morgan fingerprint density at radius 1 is 1.33 bits per heavy atom. The Morgan fingerprint density at radius 3 is 2.53 bits per heavy atom. The SMILES string of the molecule is CCCC(CCC)Nc1ccnc(Cl)c1. The molecule has 0 bridgehead atoms. The maximum absolute atomic E-state index is 5.83. The third-order valence-electron chi connectivity index (χ3n) is 2.37. The van der Waals surface area contributed by atoms with Crippen LogP contribution < -0.4 is 5.32 Å². The number of rotatable bonds is 6. The minimum atomic E-state index is 0.548. The van der Waals surface area contributed by atoms with Crippen LogP contribution in [-0.2, 0) is 0 Å². The summed E-state index contributed by atoms with van der Waals surface area (Å²) in [5.74, 6) is 0. The van der Waals surface area contributed by atoms with E-state index >= 15 is 0 Å². The first kappa shape index (κ1) is 12.3. The second kappa shape index (κ2) is 6.67. The van der Waals surface area contributed by atoms with Gasteiger partial charge in [-0.25, -0.2) is 4.98 Å². The highest BCUT2D eigenvalue weighted by atomic mass is 35.5. The fraction of sp³-hybridized carbons (Fsp3) is 0.583. The number of anilines is 1. The van der Waals surface area contributed by atoms with Gasteiger partial charge in [-0.1, -0.05) is 38.3 Å². The fourth-order valence-electron chi connectivity index (χ4n) is 1.71. The summed E-state index contributed by atoms with van der Waals surface area (Å²) in [7, 11) is 0. The van der Waals surface area contributed by atoms with Crippen molar-refractivity contribution < 1.29 is 0 Å². The zero-order chi connectivity index (χ0) is 11.1. The molecule has 0 aliphatic heterocycles. The molecule has 2 nitrogen and oxygen atoms in total. The summed E-state index contributed by atoms with van der Waals surface area (Å²) in [4.78, 5) is 3.96. The molecule has 0 aliphatic carbocycles. The molecule has 0 radical (unpaired) electrons. The topological polar surface area (TPSA) is 24.9 Å². The summed E-state index contributed by atoms with van der Waals surface area (Å²) in [6.45, 7) is 4.42. The van der Waals surface area contributed by atoms with Gasteiger partial charge in [0.05, 0.1) is 0 Å². The Morgan fingerprint density at radius 2 is 2.00 bits per heavy atom. The van der Waals surface area contributed by atoms with E-state index in [1.165, 1.54) is 25.7 Å². The zero-order valence-corrected chi connectivity index (χ0v) is 10.2. The molecule has 0 spiro atoms. The van der Waals surface area contributed by atoms with Gasteiger partial charge in [0.25, 0.3) is 0 Å². The van der Waals surface area contributed by atoms with Crippen LogP contribution >= 0.6 is 11.6 Å². The molecule has 15 heavy (non-hydrogen) atoms. The summed E-state index contributed by atoms with van der Waals surface area (Å²) >= 11 is 5.83. The first-order valence-electron chi connectivity index (χ1n) is 5.64. The molecule has 84 valence electrons. The van der Waals surface area contributed by atoms with Crippen molar-refractivity contribution in [3.63, 3.8) is 0 Å². The molecular formula is C12H19ClN2. The largest absolute Gasteiger partial charge is 0.382 e. The van der Waals surface area contributed by atoms with Crippen LogP contribution in [0.3, 0.4) is 0 Å².